The van der Waals surface area contributed by atoms with Crippen molar-refractivity contribution in [3.63, 3.8) is 0 Å². The SMILES string of the molecule is CCOc1ccc(S(=O)(=O)N2CCN([C@@H](C(=O)O)c3c[nH]c4cc(F)ccc34)CC2)cc1. The van der Waals surface area contributed by atoms with Gasteiger partial charge in [-0.3, -0.25) is 9.69 Å². The molecule has 8 nitrogen and oxygen atoms in total. The van der Waals surface area contributed by atoms with Crippen molar-refractivity contribution in [3.05, 3.63) is 60.0 Å². The smallest absolute Gasteiger partial charge is 0.325 e. The van der Waals surface area contributed by atoms with Gasteiger partial charge in [-0.1, -0.05) is 0 Å². The minimum atomic E-state index is -3.70. The van der Waals surface area contributed by atoms with Gasteiger partial charge in [-0.2, -0.15) is 4.31 Å². The predicted molar refractivity (Wildman–Crippen MR) is 117 cm³/mol. The van der Waals surface area contributed by atoms with Crippen molar-refractivity contribution in [2.24, 2.45) is 0 Å². The molecule has 4 rings (SSSR count). The van der Waals surface area contributed by atoms with Gasteiger partial charge in [0.15, 0.2) is 0 Å². The first-order chi connectivity index (χ1) is 15.3. The molecule has 0 aliphatic carbocycles. The highest BCUT2D eigenvalue weighted by atomic mass is 32.2. The van der Waals surface area contributed by atoms with E-state index in [1.807, 2.05) is 6.92 Å². The second kappa shape index (κ2) is 8.89. The minimum absolute atomic E-state index is 0.163. The van der Waals surface area contributed by atoms with Crippen LogP contribution in [0.1, 0.15) is 18.5 Å². The number of rotatable bonds is 7. The van der Waals surface area contributed by atoms with Crippen molar-refractivity contribution < 1.29 is 27.4 Å². The number of carboxylic acid groups (broad SMARTS) is 1. The van der Waals surface area contributed by atoms with Gasteiger partial charge >= 0.3 is 5.97 Å². The van der Waals surface area contributed by atoms with Crippen molar-refractivity contribution in [2.75, 3.05) is 32.8 Å². The number of hydrogen-bond donors (Lipinski definition) is 2. The Kier molecular flexibility index (Phi) is 6.18. The number of piperazine rings is 1. The Morgan fingerprint density at radius 1 is 1.16 bits per heavy atom. The van der Waals surface area contributed by atoms with Crippen LogP contribution in [-0.2, 0) is 14.8 Å². The third kappa shape index (κ3) is 4.21. The molecule has 3 aromatic rings. The van der Waals surface area contributed by atoms with Crippen LogP contribution in [0.4, 0.5) is 4.39 Å². The van der Waals surface area contributed by atoms with Gasteiger partial charge in [0, 0.05) is 48.8 Å². The van der Waals surface area contributed by atoms with E-state index in [-0.39, 0.29) is 31.1 Å². The first-order valence-electron chi connectivity index (χ1n) is 10.3. The summed E-state index contributed by atoms with van der Waals surface area (Å²) < 4.78 is 46.2. The van der Waals surface area contributed by atoms with E-state index in [1.165, 1.54) is 28.6 Å². The molecule has 0 amide bonds. The van der Waals surface area contributed by atoms with Crippen molar-refractivity contribution >= 4 is 26.9 Å². The number of hydrogen-bond acceptors (Lipinski definition) is 5. The molecule has 1 aliphatic rings. The van der Waals surface area contributed by atoms with Crippen LogP contribution in [0.3, 0.4) is 0 Å². The number of ether oxygens (including phenoxy) is 1. The molecule has 0 bridgehead atoms. The van der Waals surface area contributed by atoms with Gasteiger partial charge in [-0.25, -0.2) is 12.8 Å². The van der Waals surface area contributed by atoms with Gasteiger partial charge in [0.25, 0.3) is 0 Å². The molecule has 0 radical (unpaired) electrons. The van der Waals surface area contributed by atoms with Crippen LogP contribution in [0.2, 0.25) is 0 Å². The Morgan fingerprint density at radius 3 is 2.47 bits per heavy atom. The van der Waals surface area contributed by atoms with E-state index in [0.29, 0.717) is 28.8 Å². The molecule has 170 valence electrons. The van der Waals surface area contributed by atoms with E-state index < -0.39 is 27.9 Å². The Balaban J connectivity index is 1.51. The molecule has 0 unspecified atom stereocenters. The predicted octanol–water partition coefficient (Wildman–Crippen LogP) is 2.84. The number of aliphatic carboxylic acids is 1. The standard InChI is InChI=1S/C22H24FN3O5S/c1-2-31-16-4-6-17(7-5-16)32(29,30)26-11-9-25(10-12-26)21(22(27)28)19-14-24-20-13-15(23)3-8-18(19)20/h3-8,13-14,21,24H,2,9-12H2,1H3,(H,27,28)/t21-/m1/s1. The number of aromatic nitrogens is 1. The molecule has 0 saturated carbocycles. The summed E-state index contributed by atoms with van der Waals surface area (Å²) in [4.78, 5) is 16.9. The third-order valence-corrected chi connectivity index (χ3v) is 7.53. The summed E-state index contributed by atoms with van der Waals surface area (Å²) >= 11 is 0. The van der Waals surface area contributed by atoms with Crippen LogP contribution in [-0.4, -0.2) is 66.5 Å². The van der Waals surface area contributed by atoms with Gasteiger partial charge in [0.1, 0.15) is 17.6 Å². The molecule has 2 N–H and O–H groups in total. The molecule has 1 aromatic heterocycles. The topological polar surface area (TPSA) is 103 Å². The Morgan fingerprint density at radius 2 is 1.84 bits per heavy atom. The summed E-state index contributed by atoms with van der Waals surface area (Å²) in [5, 5.41) is 10.5. The lowest BCUT2D eigenvalue weighted by Crippen LogP contribution is -2.50. The number of carbonyl (C=O) groups is 1. The Hall–Kier alpha value is -2.95. The zero-order chi connectivity index (χ0) is 22.9. The normalized spacial score (nSPS) is 16.8. The van der Waals surface area contributed by atoms with Gasteiger partial charge in [-0.15, -0.1) is 0 Å². The van der Waals surface area contributed by atoms with E-state index in [9.17, 15) is 22.7 Å². The fourth-order valence-corrected chi connectivity index (χ4v) is 5.48. The number of benzene rings is 2. The molecule has 10 heteroatoms. The summed E-state index contributed by atoms with van der Waals surface area (Å²) in [5.41, 5.74) is 1.04. The first-order valence-corrected chi connectivity index (χ1v) is 11.7. The summed E-state index contributed by atoms with van der Waals surface area (Å²) in [6.45, 7) is 3.17. The van der Waals surface area contributed by atoms with Gasteiger partial charge in [0.2, 0.25) is 10.0 Å². The zero-order valence-electron chi connectivity index (χ0n) is 17.5. The van der Waals surface area contributed by atoms with Gasteiger partial charge in [0.05, 0.1) is 11.5 Å². The van der Waals surface area contributed by atoms with E-state index in [1.54, 1.807) is 29.3 Å². The summed E-state index contributed by atoms with van der Waals surface area (Å²) in [5.74, 6) is -0.858. The Labute approximate surface area is 185 Å². The average molecular weight is 462 g/mol. The van der Waals surface area contributed by atoms with E-state index >= 15 is 0 Å². The molecule has 1 saturated heterocycles. The van der Waals surface area contributed by atoms with Crippen molar-refractivity contribution in [3.8, 4) is 5.75 Å². The van der Waals surface area contributed by atoms with Gasteiger partial charge in [-0.05, 0) is 49.4 Å². The highest BCUT2D eigenvalue weighted by Gasteiger charge is 2.35. The molecule has 0 spiro atoms. The molecular weight excluding hydrogens is 437 g/mol. The molecule has 2 heterocycles. The van der Waals surface area contributed by atoms with Crippen LogP contribution in [0.5, 0.6) is 5.75 Å². The Bertz CT molecular complexity index is 1220. The number of nitrogens with zero attached hydrogens (tertiary/aromatic N) is 2. The van der Waals surface area contributed by atoms with E-state index in [2.05, 4.69) is 4.98 Å². The zero-order valence-corrected chi connectivity index (χ0v) is 18.3. The van der Waals surface area contributed by atoms with Crippen molar-refractivity contribution in [2.45, 2.75) is 17.9 Å². The van der Waals surface area contributed by atoms with Crippen LogP contribution in [0.15, 0.2) is 53.6 Å². The van der Waals surface area contributed by atoms with E-state index in [0.717, 1.165) is 0 Å². The average Bonchev–Trinajstić information content (AvgIpc) is 3.17. The second-order valence-corrected chi connectivity index (χ2v) is 9.46. The number of halogens is 1. The van der Waals surface area contributed by atoms with Crippen molar-refractivity contribution in [1.82, 2.24) is 14.2 Å². The fraction of sp³-hybridized carbons (Fsp3) is 0.318. The molecule has 1 aliphatic heterocycles. The lowest BCUT2D eigenvalue weighted by Gasteiger charge is -2.37. The van der Waals surface area contributed by atoms with E-state index in [4.69, 9.17) is 4.74 Å². The van der Waals surface area contributed by atoms with Crippen LogP contribution in [0, 0.1) is 5.82 Å². The number of fused-ring (bicyclic) bond motifs is 1. The number of carboxylic acids is 1. The molecule has 2 aromatic carbocycles. The molecule has 1 fully saturated rings. The summed E-state index contributed by atoms with van der Waals surface area (Å²) in [6, 6.07) is 9.46. The number of aromatic amines is 1. The lowest BCUT2D eigenvalue weighted by atomic mass is 10.0. The third-order valence-electron chi connectivity index (χ3n) is 5.62. The fourth-order valence-electron chi connectivity index (χ4n) is 4.06. The summed E-state index contributed by atoms with van der Waals surface area (Å²) in [7, 11) is -3.70. The summed E-state index contributed by atoms with van der Waals surface area (Å²) in [6.07, 6.45) is 1.58. The second-order valence-electron chi connectivity index (χ2n) is 7.52. The number of H-pyrrole nitrogens is 1. The van der Waals surface area contributed by atoms with Crippen molar-refractivity contribution in [1.29, 1.82) is 0 Å². The molecule has 1 atom stereocenters. The van der Waals surface area contributed by atoms with Gasteiger partial charge < -0.3 is 14.8 Å². The monoisotopic (exact) mass is 461 g/mol. The maximum absolute atomic E-state index is 13.5. The highest BCUT2D eigenvalue weighted by molar-refractivity contribution is 7.89. The van der Waals surface area contributed by atoms with Crippen LogP contribution < -0.4 is 4.74 Å². The first kappa shape index (κ1) is 22.3. The lowest BCUT2D eigenvalue weighted by molar-refractivity contribution is -0.144. The number of nitrogens with one attached hydrogen (secondary N) is 1. The highest BCUT2D eigenvalue weighted by Crippen LogP contribution is 2.31. The molecular formula is C22H24FN3O5S. The number of sulfonamides is 1. The van der Waals surface area contributed by atoms with Crippen LogP contribution >= 0.6 is 0 Å². The molecule has 32 heavy (non-hydrogen) atoms. The largest absolute Gasteiger partial charge is 0.494 e. The van der Waals surface area contributed by atoms with Crippen LogP contribution in [0.25, 0.3) is 10.9 Å². The maximum atomic E-state index is 13.5. The quantitative estimate of drug-likeness (QED) is 0.561. The minimum Gasteiger partial charge on any atom is -0.494 e. The maximum Gasteiger partial charge on any atom is 0.325 e.